The standard InChI is InChI=1S/C19H19N3O3/c1-13(23)21-16-7-4-6-15(11-16)19(25)20-9-10-22-17-8-3-2-5-14(17)12-18(22)24/h2-8,11H,9-10,12H2,1H3,(H,20,25)(H,21,23). The van der Waals surface area contributed by atoms with Crippen molar-refractivity contribution in [2.75, 3.05) is 23.3 Å². The van der Waals surface area contributed by atoms with E-state index in [-0.39, 0.29) is 17.7 Å². The number of carbonyl (C=O) groups excluding carboxylic acids is 3. The number of anilines is 2. The molecule has 0 fully saturated rings. The maximum Gasteiger partial charge on any atom is 0.251 e. The number of nitrogens with zero attached hydrogens (tertiary/aromatic N) is 1. The Morgan fingerprint density at radius 2 is 1.92 bits per heavy atom. The lowest BCUT2D eigenvalue weighted by molar-refractivity contribution is -0.117. The molecular formula is C19H19N3O3. The van der Waals surface area contributed by atoms with Crippen molar-refractivity contribution >= 4 is 29.1 Å². The highest BCUT2D eigenvalue weighted by molar-refractivity contribution is 6.01. The molecule has 0 aromatic heterocycles. The van der Waals surface area contributed by atoms with Crippen LogP contribution in [0.4, 0.5) is 11.4 Å². The highest BCUT2D eigenvalue weighted by atomic mass is 16.2. The Morgan fingerprint density at radius 1 is 1.12 bits per heavy atom. The number of para-hydroxylation sites is 1. The quantitative estimate of drug-likeness (QED) is 0.875. The van der Waals surface area contributed by atoms with Gasteiger partial charge in [0.15, 0.2) is 0 Å². The van der Waals surface area contributed by atoms with Crippen LogP contribution in [0.5, 0.6) is 0 Å². The summed E-state index contributed by atoms with van der Waals surface area (Å²) in [6.07, 6.45) is 0.406. The Balaban J connectivity index is 1.58. The third-order valence-electron chi connectivity index (χ3n) is 3.99. The zero-order valence-corrected chi connectivity index (χ0v) is 13.9. The molecule has 6 nitrogen and oxygen atoms in total. The maximum atomic E-state index is 12.3. The lowest BCUT2D eigenvalue weighted by atomic mass is 10.2. The predicted octanol–water partition coefficient (Wildman–Crippen LogP) is 1.96. The van der Waals surface area contributed by atoms with Gasteiger partial charge in [0.2, 0.25) is 11.8 Å². The molecule has 0 atom stereocenters. The normalized spacial score (nSPS) is 12.7. The summed E-state index contributed by atoms with van der Waals surface area (Å²) in [5, 5.41) is 5.46. The smallest absolute Gasteiger partial charge is 0.251 e. The molecule has 0 saturated heterocycles. The molecule has 2 aromatic carbocycles. The summed E-state index contributed by atoms with van der Waals surface area (Å²) in [6, 6.07) is 14.4. The van der Waals surface area contributed by atoms with Crippen molar-refractivity contribution in [3.05, 3.63) is 59.7 Å². The lowest BCUT2D eigenvalue weighted by Crippen LogP contribution is -2.36. The number of hydrogen-bond donors (Lipinski definition) is 2. The molecule has 0 saturated carbocycles. The lowest BCUT2D eigenvalue weighted by Gasteiger charge is -2.17. The highest BCUT2D eigenvalue weighted by Crippen LogP contribution is 2.27. The summed E-state index contributed by atoms with van der Waals surface area (Å²) in [5.74, 6) is -0.390. The SMILES string of the molecule is CC(=O)Nc1cccc(C(=O)NCCN2C(=O)Cc3ccccc32)c1. The number of hydrogen-bond acceptors (Lipinski definition) is 3. The molecule has 2 aromatic rings. The Hall–Kier alpha value is -3.15. The summed E-state index contributed by atoms with van der Waals surface area (Å²) in [6.45, 7) is 2.19. The van der Waals surface area contributed by atoms with Gasteiger partial charge in [0.25, 0.3) is 5.91 Å². The van der Waals surface area contributed by atoms with Gasteiger partial charge in [-0.3, -0.25) is 14.4 Å². The zero-order valence-electron chi connectivity index (χ0n) is 13.9. The topological polar surface area (TPSA) is 78.5 Å². The largest absolute Gasteiger partial charge is 0.350 e. The van der Waals surface area contributed by atoms with Crippen molar-refractivity contribution in [1.82, 2.24) is 5.32 Å². The second-order valence-corrected chi connectivity index (χ2v) is 5.87. The van der Waals surface area contributed by atoms with E-state index in [0.29, 0.717) is 30.8 Å². The second-order valence-electron chi connectivity index (χ2n) is 5.87. The minimum Gasteiger partial charge on any atom is -0.350 e. The molecule has 3 amide bonds. The average Bonchev–Trinajstić information content (AvgIpc) is 2.90. The molecule has 0 aliphatic carbocycles. The first kappa shape index (κ1) is 16.7. The summed E-state index contributed by atoms with van der Waals surface area (Å²) >= 11 is 0. The number of nitrogens with one attached hydrogen (secondary N) is 2. The third-order valence-corrected chi connectivity index (χ3v) is 3.99. The molecule has 0 radical (unpaired) electrons. The fourth-order valence-corrected chi connectivity index (χ4v) is 2.89. The van der Waals surface area contributed by atoms with Crippen LogP contribution >= 0.6 is 0 Å². The molecule has 1 heterocycles. The van der Waals surface area contributed by atoms with E-state index in [4.69, 9.17) is 0 Å². The van der Waals surface area contributed by atoms with Crippen molar-refractivity contribution in [2.45, 2.75) is 13.3 Å². The Labute approximate surface area is 145 Å². The van der Waals surface area contributed by atoms with Gasteiger partial charge in [-0.15, -0.1) is 0 Å². The number of rotatable bonds is 5. The van der Waals surface area contributed by atoms with Gasteiger partial charge in [-0.2, -0.15) is 0 Å². The van der Waals surface area contributed by atoms with Crippen molar-refractivity contribution < 1.29 is 14.4 Å². The van der Waals surface area contributed by atoms with Crippen LogP contribution in [0, 0.1) is 0 Å². The van der Waals surface area contributed by atoms with E-state index in [2.05, 4.69) is 10.6 Å². The molecule has 1 aliphatic heterocycles. The second kappa shape index (κ2) is 7.17. The van der Waals surface area contributed by atoms with Gasteiger partial charge in [-0.1, -0.05) is 24.3 Å². The summed E-state index contributed by atoms with van der Waals surface area (Å²) in [5.41, 5.74) is 2.96. The monoisotopic (exact) mass is 337 g/mol. The van der Waals surface area contributed by atoms with Crippen LogP contribution in [-0.2, 0) is 16.0 Å². The zero-order chi connectivity index (χ0) is 17.8. The minimum absolute atomic E-state index is 0.0445. The van der Waals surface area contributed by atoms with E-state index in [0.717, 1.165) is 11.3 Å². The van der Waals surface area contributed by atoms with Gasteiger partial charge < -0.3 is 15.5 Å². The summed E-state index contributed by atoms with van der Waals surface area (Å²) in [4.78, 5) is 37.1. The number of carbonyl (C=O) groups is 3. The molecule has 25 heavy (non-hydrogen) atoms. The fourth-order valence-electron chi connectivity index (χ4n) is 2.89. The van der Waals surface area contributed by atoms with Crippen LogP contribution in [0.25, 0.3) is 0 Å². The van der Waals surface area contributed by atoms with Gasteiger partial charge in [0, 0.05) is 37.0 Å². The molecule has 2 N–H and O–H groups in total. The molecule has 6 heteroatoms. The van der Waals surface area contributed by atoms with Crippen molar-refractivity contribution in [2.24, 2.45) is 0 Å². The fraction of sp³-hybridized carbons (Fsp3) is 0.211. The molecule has 1 aliphatic rings. The molecule has 0 spiro atoms. The van der Waals surface area contributed by atoms with E-state index in [1.165, 1.54) is 6.92 Å². The maximum absolute atomic E-state index is 12.3. The minimum atomic E-state index is -0.243. The van der Waals surface area contributed by atoms with Crippen LogP contribution in [0.2, 0.25) is 0 Å². The van der Waals surface area contributed by atoms with Crippen molar-refractivity contribution in [3.63, 3.8) is 0 Å². The number of benzene rings is 2. The average molecular weight is 337 g/mol. The molecule has 128 valence electrons. The first-order valence-electron chi connectivity index (χ1n) is 8.09. The number of amides is 3. The van der Waals surface area contributed by atoms with Crippen molar-refractivity contribution in [3.8, 4) is 0 Å². The van der Waals surface area contributed by atoms with Crippen LogP contribution in [0.1, 0.15) is 22.8 Å². The number of fused-ring (bicyclic) bond motifs is 1. The van der Waals surface area contributed by atoms with E-state index in [9.17, 15) is 14.4 Å². The Morgan fingerprint density at radius 3 is 2.72 bits per heavy atom. The van der Waals surface area contributed by atoms with E-state index in [1.54, 1.807) is 29.2 Å². The first-order chi connectivity index (χ1) is 12.0. The first-order valence-corrected chi connectivity index (χ1v) is 8.09. The predicted molar refractivity (Wildman–Crippen MR) is 95.6 cm³/mol. The van der Waals surface area contributed by atoms with Gasteiger partial charge in [0.1, 0.15) is 0 Å². The molecular weight excluding hydrogens is 318 g/mol. The molecule has 0 bridgehead atoms. The Kier molecular flexibility index (Phi) is 4.79. The van der Waals surface area contributed by atoms with E-state index >= 15 is 0 Å². The van der Waals surface area contributed by atoms with Crippen LogP contribution in [0.15, 0.2) is 48.5 Å². The Bertz CT molecular complexity index is 832. The van der Waals surface area contributed by atoms with Crippen molar-refractivity contribution in [1.29, 1.82) is 0 Å². The van der Waals surface area contributed by atoms with Crippen LogP contribution < -0.4 is 15.5 Å². The van der Waals surface area contributed by atoms with E-state index < -0.39 is 0 Å². The summed E-state index contributed by atoms with van der Waals surface area (Å²) < 4.78 is 0. The van der Waals surface area contributed by atoms with Gasteiger partial charge in [-0.25, -0.2) is 0 Å². The summed E-state index contributed by atoms with van der Waals surface area (Å²) in [7, 11) is 0. The molecule has 0 unspecified atom stereocenters. The highest BCUT2D eigenvalue weighted by Gasteiger charge is 2.26. The van der Waals surface area contributed by atoms with Crippen LogP contribution in [0.3, 0.4) is 0 Å². The van der Waals surface area contributed by atoms with Gasteiger partial charge in [-0.05, 0) is 29.8 Å². The van der Waals surface area contributed by atoms with Gasteiger partial charge >= 0.3 is 0 Å². The van der Waals surface area contributed by atoms with Gasteiger partial charge in [0.05, 0.1) is 6.42 Å². The third kappa shape index (κ3) is 3.85. The molecule has 3 rings (SSSR count). The van der Waals surface area contributed by atoms with Crippen LogP contribution in [-0.4, -0.2) is 30.8 Å². The van der Waals surface area contributed by atoms with E-state index in [1.807, 2.05) is 24.3 Å².